The van der Waals surface area contributed by atoms with Gasteiger partial charge in [0.15, 0.2) is 0 Å². The molecule has 0 unspecified atom stereocenters. The van der Waals surface area contributed by atoms with E-state index in [0.717, 1.165) is 16.7 Å². The van der Waals surface area contributed by atoms with Gasteiger partial charge >= 0.3 is 0 Å². The molecule has 1 aromatic heterocycles. The third-order valence-electron chi connectivity index (χ3n) is 8.18. The molecule has 208 valence electrons. The highest BCUT2D eigenvalue weighted by Gasteiger charge is 2.45. The van der Waals surface area contributed by atoms with Crippen molar-refractivity contribution < 1.29 is 19.5 Å². The van der Waals surface area contributed by atoms with Crippen molar-refractivity contribution in [3.8, 4) is 10.4 Å². The lowest BCUT2D eigenvalue weighted by atomic mass is 10.0. The van der Waals surface area contributed by atoms with Crippen LogP contribution in [-0.4, -0.2) is 62.3 Å². The van der Waals surface area contributed by atoms with Gasteiger partial charge in [0.25, 0.3) is 5.91 Å². The SMILES string of the molecule is CC(C)[C@@H](C(=O)N1C[C@H](O)C[C@H]1C(=O)NCc1ccc(-c2scnc2C2CC2)cc1)N1Cc2ccccc2C1=O. The maximum absolute atomic E-state index is 13.9. The van der Waals surface area contributed by atoms with E-state index >= 15 is 0 Å². The fourth-order valence-corrected chi connectivity index (χ4v) is 6.84. The first-order valence-corrected chi connectivity index (χ1v) is 14.9. The smallest absolute Gasteiger partial charge is 0.255 e. The minimum absolute atomic E-state index is 0.0714. The summed E-state index contributed by atoms with van der Waals surface area (Å²) in [5.41, 5.74) is 6.69. The normalized spacial score (nSPS) is 21.1. The molecule has 40 heavy (non-hydrogen) atoms. The molecule has 1 saturated carbocycles. The van der Waals surface area contributed by atoms with Crippen LogP contribution in [0.1, 0.15) is 66.2 Å². The molecule has 3 atom stereocenters. The molecule has 1 saturated heterocycles. The fraction of sp³-hybridized carbons (Fsp3) is 0.419. The van der Waals surface area contributed by atoms with E-state index in [9.17, 15) is 19.5 Å². The predicted octanol–water partition coefficient (Wildman–Crippen LogP) is 3.95. The van der Waals surface area contributed by atoms with Gasteiger partial charge in [-0.25, -0.2) is 4.98 Å². The van der Waals surface area contributed by atoms with Gasteiger partial charge in [-0.1, -0.05) is 56.3 Å². The number of likely N-dealkylation sites (tertiary alicyclic amines) is 1. The number of carbonyl (C=O) groups excluding carboxylic acids is 3. The second-order valence-electron chi connectivity index (χ2n) is 11.4. The Kier molecular flexibility index (Phi) is 7.18. The molecular formula is C31H34N4O4S. The highest BCUT2D eigenvalue weighted by molar-refractivity contribution is 7.13. The van der Waals surface area contributed by atoms with Crippen LogP contribution in [0, 0.1) is 5.92 Å². The molecule has 8 nitrogen and oxygen atoms in total. The van der Waals surface area contributed by atoms with Gasteiger partial charge in [-0.05, 0) is 41.5 Å². The number of aromatic nitrogens is 1. The second kappa shape index (κ2) is 10.8. The topological polar surface area (TPSA) is 103 Å². The van der Waals surface area contributed by atoms with Gasteiger partial charge in [0.05, 0.1) is 22.2 Å². The largest absolute Gasteiger partial charge is 0.391 e. The zero-order chi connectivity index (χ0) is 28.0. The average molecular weight is 559 g/mol. The van der Waals surface area contributed by atoms with E-state index in [0.29, 0.717) is 24.6 Å². The Morgan fingerprint density at radius 2 is 1.88 bits per heavy atom. The van der Waals surface area contributed by atoms with Gasteiger partial charge < -0.3 is 20.2 Å². The van der Waals surface area contributed by atoms with E-state index in [4.69, 9.17) is 0 Å². The van der Waals surface area contributed by atoms with E-state index in [-0.39, 0.29) is 36.6 Å². The maximum Gasteiger partial charge on any atom is 0.255 e. The lowest BCUT2D eigenvalue weighted by Gasteiger charge is -2.35. The molecular weight excluding hydrogens is 524 g/mol. The number of nitrogens with one attached hydrogen (secondary N) is 1. The van der Waals surface area contributed by atoms with Crippen LogP contribution in [0.25, 0.3) is 10.4 Å². The minimum Gasteiger partial charge on any atom is -0.391 e. The van der Waals surface area contributed by atoms with Crippen molar-refractivity contribution in [3.05, 3.63) is 76.4 Å². The van der Waals surface area contributed by atoms with Crippen molar-refractivity contribution in [1.29, 1.82) is 0 Å². The number of hydrogen-bond acceptors (Lipinski definition) is 6. The highest BCUT2D eigenvalue weighted by Crippen LogP contribution is 2.45. The van der Waals surface area contributed by atoms with Crippen LogP contribution in [-0.2, 0) is 22.7 Å². The number of carbonyl (C=O) groups is 3. The van der Waals surface area contributed by atoms with E-state index in [2.05, 4.69) is 22.4 Å². The van der Waals surface area contributed by atoms with Gasteiger partial charge in [0.2, 0.25) is 11.8 Å². The molecule has 2 N–H and O–H groups in total. The number of hydrogen-bond donors (Lipinski definition) is 2. The molecule has 0 radical (unpaired) electrons. The molecule has 2 aromatic carbocycles. The van der Waals surface area contributed by atoms with Crippen LogP contribution in [0.2, 0.25) is 0 Å². The van der Waals surface area contributed by atoms with Crippen molar-refractivity contribution in [2.24, 2.45) is 5.92 Å². The van der Waals surface area contributed by atoms with Crippen LogP contribution >= 0.6 is 11.3 Å². The number of thiazole rings is 1. The Labute approximate surface area is 238 Å². The lowest BCUT2D eigenvalue weighted by Crippen LogP contribution is -2.55. The summed E-state index contributed by atoms with van der Waals surface area (Å²) >= 11 is 1.66. The van der Waals surface area contributed by atoms with E-state index in [1.807, 2.05) is 49.7 Å². The molecule has 1 aliphatic carbocycles. The third-order valence-corrected chi connectivity index (χ3v) is 9.07. The zero-order valence-electron chi connectivity index (χ0n) is 22.7. The average Bonchev–Trinajstić information content (AvgIpc) is 3.39. The fourth-order valence-electron chi connectivity index (χ4n) is 5.96. The summed E-state index contributed by atoms with van der Waals surface area (Å²) < 4.78 is 0. The number of β-amino-alcohol motifs (C(OH)–C–C–N with tert-alkyl or cyclic N) is 1. The van der Waals surface area contributed by atoms with Crippen LogP contribution in [0.3, 0.4) is 0 Å². The molecule has 3 aliphatic rings. The monoisotopic (exact) mass is 558 g/mol. The Hall–Kier alpha value is -3.56. The number of aliphatic hydroxyl groups excluding tert-OH is 1. The lowest BCUT2D eigenvalue weighted by molar-refractivity contribution is -0.143. The van der Waals surface area contributed by atoms with E-state index in [1.165, 1.54) is 28.3 Å². The quantitative estimate of drug-likeness (QED) is 0.436. The second-order valence-corrected chi connectivity index (χ2v) is 12.3. The molecule has 3 heterocycles. The number of amides is 3. The summed E-state index contributed by atoms with van der Waals surface area (Å²) in [5, 5.41) is 13.4. The minimum atomic E-state index is -0.793. The summed E-state index contributed by atoms with van der Waals surface area (Å²) in [4.78, 5) is 49.2. The summed E-state index contributed by atoms with van der Waals surface area (Å²) in [5.74, 6) is -0.347. The molecule has 0 bridgehead atoms. The van der Waals surface area contributed by atoms with E-state index in [1.54, 1.807) is 22.3 Å². The molecule has 6 rings (SSSR count). The Morgan fingerprint density at radius 1 is 1.12 bits per heavy atom. The van der Waals surface area contributed by atoms with Gasteiger partial charge in [-0.3, -0.25) is 14.4 Å². The van der Waals surface area contributed by atoms with Crippen molar-refractivity contribution in [1.82, 2.24) is 20.1 Å². The van der Waals surface area contributed by atoms with Crippen LogP contribution in [0.4, 0.5) is 0 Å². The van der Waals surface area contributed by atoms with Gasteiger partial charge in [-0.15, -0.1) is 11.3 Å². The summed E-state index contributed by atoms with van der Waals surface area (Å²) in [6.07, 6.45) is 1.79. The maximum atomic E-state index is 13.9. The summed E-state index contributed by atoms with van der Waals surface area (Å²) in [7, 11) is 0. The molecule has 9 heteroatoms. The number of fused-ring (bicyclic) bond motifs is 1. The third kappa shape index (κ3) is 5.04. The van der Waals surface area contributed by atoms with Gasteiger partial charge in [-0.2, -0.15) is 0 Å². The number of nitrogens with zero attached hydrogens (tertiary/aromatic N) is 3. The van der Waals surface area contributed by atoms with Crippen LogP contribution in [0.15, 0.2) is 54.0 Å². The molecule has 2 fully saturated rings. The van der Waals surface area contributed by atoms with Crippen LogP contribution < -0.4 is 5.32 Å². The predicted molar refractivity (Wildman–Crippen MR) is 152 cm³/mol. The number of aliphatic hydroxyl groups is 1. The molecule has 3 aromatic rings. The van der Waals surface area contributed by atoms with Gasteiger partial charge in [0, 0.05) is 37.5 Å². The Balaban J connectivity index is 1.12. The molecule has 3 amide bonds. The molecule has 0 spiro atoms. The van der Waals surface area contributed by atoms with Crippen molar-refractivity contribution in [3.63, 3.8) is 0 Å². The number of benzene rings is 2. The first-order chi connectivity index (χ1) is 19.3. The highest BCUT2D eigenvalue weighted by atomic mass is 32.1. The van der Waals surface area contributed by atoms with Crippen molar-refractivity contribution in [2.75, 3.05) is 6.54 Å². The van der Waals surface area contributed by atoms with Gasteiger partial charge in [0.1, 0.15) is 12.1 Å². The Bertz CT molecular complexity index is 1430. The van der Waals surface area contributed by atoms with Crippen molar-refractivity contribution >= 4 is 29.1 Å². The number of rotatable bonds is 8. The van der Waals surface area contributed by atoms with E-state index < -0.39 is 18.2 Å². The first-order valence-electron chi connectivity index (χ1n) is 14.0. The Morgan fingerprint density at radius 3 is 2.58 bits per heavy atom. The van der Waals surface area contributed by atoms with Crippen molar-refractivity contribution in [2.45, 2.75) is 70.3 Å². The first kappa shape index (κ1) is 26.7. The zero-order valence-corrected chi connectivity index (χ0v) is 23.6. The summed E-state index contributed by atoms with van der Waals surface area (Å²) in [6.45, 7) is 4.56. The standard InChI is InChI=1S/C31H34N4O4S/c1-18(2)27(35-15-22-5-3-4-6-24(22)30(35)38)31(39)34-16-23(36)13-25(34)29(37)32-14-19-7-9-21(10-8-19)28-26(20-11-12-20)33-17-40-28/h3-10,17-18,20,23,25,27,36H,11-16H2,1-2H3,(H,32,37)/t23-,25+,27+/m1/s1. The summed E-state index contributed by atoms with van der Waals surface area (Å²) in [6, 6.07) is 14.0. The van der Waals surface area contributed by atoms with Crippen LogP contribution in [0.5, 0.6) is 0 Å². The molecule has 2 aliphatic heterocycles.